The van der Waals surface area contributed by atoms with Gasteiger partial charge in [0, 0.05) is 11.1 Å². The molecule has 0 aliphatic heterocycles. The Labute approximate surface area is 110 Å². The van der Waals surface area contributed by atoms with Gasteiger partial charge < -0.3 is 9.84 Å². The van der Waals surface area contributed by atoms with Crippen molar-refractivity contribution in [1.29, 1.82) is 0 Å². The maximum atomic E-state index is 10.9. The van der Waals surface area contributed by atoms with Gasteiger partial charge in [0.2, 0.25) is 0 Å². The predicted molar refractivity (Wildman–Crippen MR) is 69.3 cm³/mol. The summed E-state index contributed by atoms with van der Waals surface area (Å²) in [5.74, 6) is -0.869. The third-order valence-electron chi connectivity index (χ3n) is 2.61. The number of aryl methyl sites for hydroxylation is 1. The fraction of sp³-hybridized carbons (Fsp3) is 0.308. The second kappa shape index (κ2) is 6.53. The van der Waals surface area contributed by atoms with Crippen molar-refractivity contribution >= 4 is 11.7 Å². The number of carboxylic acid groups (broad SMARTS) is 1. The summed E-state index contributed by atoms with van der Waals surface area (Å²) >= 11 is 0. The molecule has 0 saturated heterocycles. The van der Waals surface area contributed by atoms with Crippen molar-refractivity contribution in [3.63, 3.8) is 0 Å². The highest BCUT2D eigenvalue weighted by molar-refractivity contribution is 5.86. The van der Waals surface area contributed by atoms with E-state index >= 15 is 0 Å². The molecule has 1 aromatic carbocycles. The first-order chi connectivity index (χ1) is 8.97. The van der Waals surface area contributed by atoms with Gasteiger partial charge in [-0.15, -0.1) is 0 Å². The molecule has 19 heavy (non-hydrogen) atoms. The van der Waals surface area contributed by atoms with Crippen molar-refractivity contribution in [2.75, 3.05) is 6.61 Å². The maximum Gasteiger partial charge on any atom is 0.331 e. The molecule has 0 aliphatic carbocycles. The van der Waals surface area contributed by atoms with Crippen LogP contribution < -0.4 is 4.74 Å². The van der Waals surface area contributed by atoms with E-state index in [-0.39, 0.29) is 23.6 Å². The molecule has 0 atom stereocenters. The summed E-state index contributed by atoms with van der Waals surface area (Å²) in [7, 11) is 0. The highest BCUT2D eigenvalue weighted by Crippen LogP contribution is 2.30. The van der Waals surface area contributed by atoms with Crippen LogP contribution in [-0.4, -0.2) is 22.6 Å². The number of ether oxygens (including phenoxy) is 1. The minimum atomic E-state index is -1.01. The van der Waals surface area contributed by atoms with Gasteiger partial charge in [-0.1, -0.05) is 19.1 Å². The second-order valence-corrected chi connectivity index (χ2v) is 3.88. The molecular formula is C13H15NO5. The Bertz CT molecular complexity index is 522. The van der Waals surface area contributed by atoms with Crippen LogP contribution in [0.4, 0.5) is 5.69 Å². The van der Waals surface area contributed by atoms with Crippen LogP contribution in [0.25, 0.3) is 0 Å². The summed E-state index contributed by atoms with van der Waals surface area (Å²) < 4.78 is 5.28. The summed E-state index contributed by atoms with van der Waals surface area (Å²) in [4.78, 5) is 21.2. The molecular weight excluding hydrogens is 250 g/mol. The summed E-state index contributed by atoms with van der Waals surface area (Å²) in [5, 5.41) is 19.7. The molecule has 1 N–H and O–H groups in total. The minimum Gasteiger partial charge on any atom is -0.483 e. The van der Waals surface area contributed by atoms with Gasteiger partial charge in [0.25, 0.3) is 0 Å². The van der Waals surface area contributed by atoms with Gasteiger partial charge in [-0.05, 0) is 25.5 Å². The third-order valence-corrected chi connectivity index (χ3v) is 2.61. The van der Waals surface area contributed by atoms with Crippen molar-refractivity contribution in [3.8, 4) is 5.75 Å². The van der Waals surface area contributed by atoms with Gasteiger partial charge in [-0.25, -0.2) is 4.79 Å². The van der Waals surface area contributed by atoms with Crippen LogP contribution in [0.1, 0.15) is 18.9 Å². The predicted octanol–water partition coefficient (Wildman–Crippen LogP) is 2.70. The first kappa shape index (κ1) is 14.7. The Balaban J connectivity index is 2.87. The molecule has 0 saturated carbocycles. The Kier molecular flexibility index (Phi) is 5.05. The molecule has 1 aromatic rings. The highest BCUT2D eigenvalue weighted by Gasteiger charge is 2.17. The lowest BCUT2D eigenvalue weighted by molar-refractivity contribution is -0.386. The van der Waals surface area contributed by atoms with E-state index in [2.05, 4.69) is 0 Å². The van der Waals surface area contributed by atoms with Gasteiger partial charge in [0.1, 0.15) is 6.61 Å². The van der Waals surface area contributed by atoms with E-state index in [0.717, 1.165) is 0 Å². The monoisotopic (exact) mass is 265 g/mol. The fourth-order valence-corrected chi connectivity index (χ4v) is 1.60. The fourth-order valence-electron chi connectivity index (χ4n) is 1.60. The average Bonchev–Trinajstić information content (AvgIpc) is 2.33. The Hall–Kier alpha value is -2.37. The molecule has 102 valence electrons. The van der Waals surface area contributed by atoms with Gasteiger partial charge in [-0.3, -0.25) is 10.1 Å². The van der Waals surface area contributed by atoms with Crippen molar-refractivity contribution in [1.82, 2.24) is 0 Å². The van der Waals surface area contributed by atoms with Crippen LogP contribution >= 0.6 is 0 Å². The summed E-state index contributed by atoms with van der Waals surface area (Å²) in [6.07, 6.45) is 1.78. The molecule has 0 amide bonds. The van der Waals surface area contributed by atoms with E-state index < -0.39 is 10.9 Å². The van der Waals surface area contributed by atoms with E-state index in [4.69, 9.17) is 9.84 Å². The molecule has 0 radical (unpaired) electrons. The van der Waals surface area contributed by atoms with Crippen molar-refractivity contribution in [3.05, 3.63) is 45.5 Å². The number of nitrogens with zero attached hydrogens (tertiary/aromatic N) is 1. The largest absolute Gasteiger partial charge is 0.483 e. The molecule has 0 aromatic heterocycles. The van der Waals surface area contributed by atoms with Gasteiger partial charge in [0.05, 0.1) is 4.92 Å². The number of nitro groups is 1. The number of hydrogen-bond donors (Lipinski definition) is 1. The first-order valence-corrected chi connectivity index (χ1v) is 5.76. The van der Waals surface area contributed by atoms with E-state index in [1.54, 1.807) is 26.0 Å². The minimum absolute atomic E-state index is 0.0141. The number of nitro benzene ring substituents is 1. The molecule has 6 heteroatoms. The van der Waals surface area contributed by atoms with Crippen LogP contribution in [0.5, 0.6) is 5.75 Å². The number of rotatable bonds is 6. The zero-order valence-electron chi connectivity index (χ0n) is 10.8. The summed E-state index contributed by atoms with van der Waals surface area (Å²) in [5.41, 5.74) is 0.625. The van der Waals surface area contributed by atoms with E-state index in [1.807, 2.05) is 0 Å². The normalized spacial score (nSPS) is 11.2. The summed E-state index contributed by atoms with van der Waals surface area (Å²) in [6, 6.07) is 4.76. The Morgan fingerprint density at radius 3 is 2.74 bits per heavy atom. The smallest absolute Gasteiger partial charge is 0.331 e. The zero-order valence-corrected chi connectivity index (χ0v) is 10.8. The van der Waals surface area contributed by atoms with E-state index in [9.17, 15) is 14.9 Å². The third kappa shape index (κ3) is 3.80. The summed E-state index contributed by atoms with van der Waals surface area (Å²) in [6.45, 7) is 3.32. The molecule has 1 rings (SSSR count). The topological polar surface area (TPSA) is 89.7 Å². The number of carbonyl (C=O) groups is 1. The Morgan fingerprint density at radius 2 is 2.21 bits per heavy atom. The van der Waals surface area contributed by atoms with Gasteiger partial charge >= 0.3 is 11.7 Å². The molecule has 0 unspecified atom stereocenters. The molecule has 0 aliphatic rings. The Morgan fingerprint density at radius 1 is 1.53 bits per heavy atom. The average molecular weight is 265 g/mol. The number of carboxylic acids is 1. The lowest BCUT2D eigenvalue weighted by atomic mass is 10.2. The van der Waals surface area contributed by atoms with Crippen molar-refractivity contribution in [2.24, 2.45) is 0 Å². The highest BCUT2D eigenvalue weighted by atomic mass is 16.6. The van der Waals surface area contributed by atoms with Crippen LogP contribution in [-0.2, 0) is 4.79 Å². The van der Waals surface area contributed by atoms with Crippen molar-refractivity contribution in [2.45, 2.75) is 20.3 Å². The number of hydrogen-bond acceptors (Lipinski definition) is 4. The van der Waals surface area contributed by atoms with Crippen LogP contribution in [0.3, 0.4) is 0 Å². The number of benzene rings is 1. The SMILES string of the molecule is CCC(=CCOc1cccc(C)c1[N+](=O)[O-])C(=O)O. The van der Waals surface area contributed by atoms with Gasteiger partial charge in [0.15, 0.2) is 5.75 Å². The molecule has 0 spiro atoms. The van der Waals surface area contributed by atoms with Crippen LogP contribution in [0.15, 0.2) is 29.8 Å². The lowest BCUT2D eigenvalue weighted by Crippen LogP contribution is -2.04. The maximum absolute atomic E-state index is 10.9. The van der Waals surface area contributed by atoms with Crippen LogP contribution in [0, 0.1) is 17.0 Å². The number of para-hydroxylation sites is 1. The number of aliphatic carboxylic acids is 1. The van der Waals surface area contributed by atoms with Crippen molar-refractivity contribution < 1.29 is 19.6 Å². The standard InChI is InChI=1S/C13H15NO5/c1-3-10(13(15)16)7-8-19-11-6-4-5-9(2)12(11)14(17)18/h4-7H,3,8H2,1-2H3,(H,15,16). The molecule has 0 heterocycles. The van der Waals surface area contributed by atoms with E-state index in [0.29, 0.717) is 12.0 Å². The first-order valence-electron chi connectivity index (χ1n) is 5.76. The lowest BCUT2D eigenvalue weighted by Gasteiger charge is -2.06. The van der Waals surface area contributed by atoms with Crippen LogP contribution in [0.2, 0.25) is 0 Å². The second-order valence-electron chi connectivity index (χ2n) is 3.88. The zero-order chi connectivity index (χ0) is 14.4. The molecule has 6 nitrogen and oxygen atoms in total. The van der Waals surface area contributed by atoms with Gasteiger partial charge in [-0.2, -0.15) is 0 Å². The molecule has 0 fully saturated rings. The molecule has 0 bridgehead atoms. The quantitative estimate of drug-likeness (QED) is 0.485. The van der Waals surface area contributed by atoms with E-state index in [1.165, 1.54) is 12.1 Å².